The third kappa shape index (κ3) is 16.2. The van der Waals surface area contributed by atoms with Crippen molar-refractivity contribution in [1.82, 2.24) is 19.6 Å². The number of fused-ring (bicyclic) bond motifs is 7. The van der Waals surface area contributed by atoms with Crippen molar-refractivity contribution in [3.05, 3.63) is 0 Å². The van der Waals surface area contributed by atoms with E-state index in [2.05, 4.69) is 61.1 Å². The molecule has 4 nitrogen and oxygen atoms in total. The molecule has 19 saturated carbocycles. The van der Waals surface area contributed by atoms with E-state index in [0.717, 1.165) is 239 Å². The summed E-state index contributed by atoms with van der Waals surface area (Å²) in [6.45, 7) is 17.4. The summed E-state index contributed by atoms with van der Waals surface area (Å²) in [6, 6.07) is 10.1. The second-order valence-electron chi connectivity index (χ2n) is 53.4. The maximum atomic E-state index is 4.10. The van der Waals surface area contributed by atoms with Crippen molar-refractivity contribution in [1.29, 1.82) is 0 Å². The van der Waals surface area contributed by atoms with E-state index < -0.39 is 0 Å². The Morgan fingerprint density at radius 3 is 1.05 bits per heavy atom. The van der Waals surface area contributed by atoms with Crippen LogP contribution >= 0.6 is 0 Å². The van der Waals surface area contributed by atoms with E-state index in [9.17, 15) is 0 Å². The van der Waals surface area contributed by atoms with Crippen LogP contribution in [-0.2, 0) is 0 Å². The summed E-state index contributed by atoms with van der Waals surface area (Å²) in [7, 11) is 0. The lowest BCUT2D eigenvalue weighted by Crippen LogP contribution is -2.78. The van der Waals surface area contributed by atoms with Crippen molar-refractivity contribution < 1.29 is 0 Å². The monoisotopic (exact) mass is 1630 g/mol. The minimum Gasteiger partial charge on any atom is -0.295 e. The predicted octanol–water partition coefficient (Wildman–Crippen LogP) is 30.5. The van der Waals surface area contributed by atoms with Gasteiger partial charge >= 0.3 is 0 Å². The van der Waals surface area contributed by atoms with Gasteiger partial charge in [-0.2, -0.15) is 0 Å². The normalized spacial score (nSPS) is 49.0. The molecule has 0 N–H and O–H groups in total. The molecule has 119 heavy (non-hydrogen) atoms. The molecule has 0 amide bonds. The number of likely N-dealkylation sites (tertiary alicyclic amines) is 1. The number of hydrogen-bond acceptors (Lipinski definition) is 4. The van der Waals surface area contributed by atoms with Crippen LogP contribution in [0.2, 0.25) is 17.5 Å². The van der Waals surface area contributed by atoms with Gasteiger partial charge in [0.2, 0.25) is 0 Å². The van der Waals surface area contributed by atoms with Crippen LogP contribution in [-0.4, -0.2) is 98.8 Å². The lowest BCUT2D eigenvalue weighted by molar-refractivity contribution is -0.157. The second kappa shape index (κ2) is 36.2. The van der Waals surface area contributed by atoms with Crippen LogP contribution in [0, 0.1) is 153 Å². The molecule has 0 bridgehead atoms. The molecule has 3 saturated heterocycles. The summed E-state index contributed by atoms with van der Waals surface area (Å²) in [4.78, 5) is 15.6. The molecule has 3 aliphatic heterocycles. The molecule has 0 spiro atoms. The minimum atomic E-state index is 0.427. The van der Waals surface area contributed by atoms with Gasteiger partial charge in [0.25, 0.3) is 0 Å². The van der Waals surface area contributed by atoms with E-state index in [0.29, 0.717) is 10.8 Å². The van der Waals surface area contributed by atoms with Gasteiger partial charge in [0.1, 0.15) is 0 Å². The van der Waals surface area contributed by atoms with E-state index in [-0.39, 0.29) is 0 Å². The fourth-order valence-electron chi connectivity index (χ4n) is 42.3. The van der Waals surface area contributed by atoms with Gasteiger partial charge in [0, 0.05) is 72.5 Å². The molecule has 22 fully saturated rings. The maximum Gasteiger partial charge on any atom is 0.156 e. The molecule has 19 aliphatic carbocycles. The van der Waals surface area contributed by atoms with Gasteiger partial charge < -0.3 is 0 Å². The highest BCUT2D eigenvalue weighted by Gasteiger charge is 2.71. The van der Waals surface area contributed by atoms with Crippen molar-refractivity contribution >= 4 is 6.71 Å². The van der Waals surface area contributed by atoms with Crippen LogP contribution in [0.1, 0.15) is 472 Å². The van der Waals surface area contributed by atoms with Gasteiger partial charge in [-0.25, -0.2) is 0 Å². The van der Waals surface area contributed by atoms with Crippen molar-refractivity contribution in [3.8, 4) is 0 Å². The van der Waals surface area contributed by atoms with Crippen LogP contribution in [0.15, 0.2) is 0 Å². The van der Waals surface area contributed by atoms with Gasteiger partial charge in [-0.1, -0.05) is 286 Å². The quantitative estimate of drug-likeness (QED) is 0.170. The third-order valence-corrected chi connectivity index (χ3v) is 46.9. The maximum absolute atomic E-state index is 4.10. The molecule has 27 unspecified atom stereocenters. The Hall–Kier alpha value is -0.0951. The smallest absolute Gasteiger partial charge is 0.156 e. The van der Waals surface area contributed by atoms with Gasteiger partial charge in [0.15, 0.2) is 6.71 Å². The Morgan fingerprint density at radius 2 is 0.588 bits per heavy atom. The van der Waals surface area contributed by atoms with E-state index in [1.165, 1.54) is 51.4 Å². The molecule has 0 aromatic heterocycles. The van der Waals surface area contributed by atoms with Crippen LogP contribution in [0.4, 0.5) is 0 Å². The van der Waals surface area contributed by atoms with E-state index in [4.69, 9.17) is 0 Å². The van der Waals surface area contributed by atoms with Crippen molar-refractivity contribution in [2.24, 2.45) is 153 Å². The molecule has 22 aliphatic rings. The Labute approximate surface area is 736 Å². The van der Waals surface area contributed by atoms with Gasteiger partial charge in [-0.15, -0.1) is 0 Å². The molecular weight excluding hydrogens is 1440 g/mol. The van der Waals surface area contributed by atoms with Crippen molar-refractivity contribution in [2.75, 3.05) is 0 Å². The summed E-state index contributed by atoms with van der Waals surface area (Å²) < 4.78 is 0. The number of rotatable bonds is 13. The van der Waals surface area contributed by atoms with Gasteiger partial charge in [0.05, 0.1) is 0 Å². The summed E-state index contributed by atoms with van der Waals surface area (Å²) in [5.41, 5.74) is 0.868. The van der Waals surface area contributed by atoms with Crippen LogP contribution in [0.3, 0.4) is 0 Å². The highest BCUT2D eigenvalue weighted by atomic mass is 15.3. The molecular formula is C114H191BN4. The first-order chi connectivity index (χ1) is 58.3. The van der Waals surface area contributed by atoms with Crippen molar-refractivity contribution in [2.45, 2.75) is 562 Å². The lowest BCUT2D eigenvalue weighted by Gasteiger charge is -2.73. The Bertz CT molecular complexity index is 3110. The molecule has 0 aromatic rings. The average Bonchev–Trinajstić information content (AvgIpc) is 0.957. The minimum absolute atomic E-state index is 0.427. The Kier molecular flexibility index (Phi) is 25.7. The standard InChI is InChI=1S/C114H191BN4/c1-113(2,3)86-65-83-51-52-84-66-87(114(4,5)6)70-99-98(68-85(67-86)108(83)109(84)99)82-57-64-104-101(69-82)115-100-63-62-90(117-102-49-27-25-43-96(102)97-44-26-28-50-103(97)117)71-105(100)119(112-94(80-39-21-11-22-40-80)47-30-48-95(112)81-41-23-12-24-42-81)107-73-91(72-106(110(107)115)118(104)111-92(78-35-17-9-18-36-78)45-29-46-93(111)79-37-19-10-20-38-79)116(88-58-53-76(54-59-88)74-31-13-7-14-32-74)89-60-55-77(56-61-89)75-33-15-8-16-34-75/h74-112H,7-73H2,1-6H3. The largest absolute Gasteiger partial charge is 0.295 e. The topological polar surface area (TPSA) is 13.0 Å². The second-order valence-corrected chi connectivity index (χ2v) is 53.4. The van der Waals surface area contributed by atoms with E-state index in [1.807, 2.05) is 0 Å². The zero-order valence-corrected chi connectivity index (χ0v) is 79.3. The molecule has 670 valence electrons. The highest BCUT2D eigenvalue weighted by Crippen LogP contribution is 2.72. The summed E-state index contributed by atoms with van der Waals surface area (Å²) in [5, 5.41) is 0. The van der Waals surface area contributed by atoms with Crippen molar-refractivity contribution in [3.63, 3.8) is 0 Å². The summed E-state index contributed by atoms with van der Waals surface area (Å²) in [6.07, 6.45) is 106. The molecule has 5 heteroatoms. The SMILES string of the molecule is CC(C)(C)C1CC2CCC3CC(C(C)(C)C)CC4C(C5CCC6C(C5)B5C7CCC(N8C9CCCCC9C9CCCCC98)CC7N(C7C(C8CCCCC8)CCCC7C7CCCCC7)C7CC(N(C8CCC(C9CCCCC9)CC8)C8CCC(C9CCCCC9)CC8)CC(C57)N6C5C(C6CCCCC6)CCCC5C5CCCCC5)CC(C1)C2C34. The molecule has 3 heterocycles. The lowest BCUT2D eigenvalue weighted by atomic mass is 9.18. The zero-order chi connectivity index (χ0) is 79.8. The van der Waals surface area contributed by atoms with Crippen LogP contribution in [0.25, 0.3) is 0 Å². The predicted molar refractivity (Wildman–Crippen MR) is 502 cm³/mol. The Morgan fingerprint density at radius 1 is 0.210 bits per heavy atom. The zero-order valence-electron chi connectivity index (χ0n) is 79.3. The average molecular weight is 1630 g/mol. The third-order valence-electron chi connectivity index (χ3n) is 46.9. The highest BCUT2D eigenvalue weighted by molar-refractivity contribution is 6.65. The van der Waals surface area contributed by atoms with Gasteiger partial charge in [-0.3, -0.25) is 19.6 Å². The first-order valence-electron chi connectivity index (χ1n) is 57.4. The number of nitrogens with zero attached hydrogens (tertiary/aromatic N) is 4. The number of hydrogen-bond donors (Lipinski definition) is 0. The summed E-state index contributed by atoms with van der Waals surface area (Å²) >= 11 is 0. The fourth-order valence-corrected chi connectivity index (χ4v) is 42.3. The van der Waals surface area contributed by atoms with E-state index >= 15 is 0 Å². The molecule has 27 atom stereocenters. The Balaban J connectivity index is 0.734. The van der Waals surface area contributed by atoms with Gasteiger partial charge in [-0.05, 0) is 357 Å². The fraction of sp³-hybridized carbons (Fsp3) is 1.00. The first-order valence-corrected chi connectivity index (χ1v) is 57.4. The molecule has 0 aromatic carbocycles. The van der Waals surface area contributed by atoms with E-state index in [1.54, 1.807) is 379 Å². The molecule has 22 rings (SSSR count). The van der Waals surface area contributed by atoms with Crippen LogP contribution in [0.5, 0.6) is 0 Å². The van der Waals surface area contributed by atoms with Crippen LogP contribution < -0.4 is 0 Å². The first kappa shape index (κ1) is 84.4. The molecule has 0 radical (unpaired) electrons. The summed E-state index contributed by atoms with van der Waals surface area (Å²) in [5.74, 6) is 26.7.